The molecule has 2 heterocycles. The molecule has 0 aromatic carbocycles. The molecule has 2 N–H and O–H groups in total. The number of pyridine rings is 1. The van der Waals surface area contributed by atoms with E-state index in [4.69, 9.17) is 4.74 Å². The molecule has 1 saturated carbocycles. The van der Waals surface area contributed by atoms with E-state index in [-0.39, 0.29) is 47.6 Å². The summed E-state index contributed by atoms with van der Waals surface area (Å²) in [5.41, 5.74) is 1.05. The number of halogens is 1. The maximum Gasteiger partial charge on any atom is 0.213 e. The molecule has 1 atom stereocenters. The van der Waals surface area contributed by atoms with Crippen molar-refractivity contribution in [2.24, 2.45) is 10.9 Å². The zero-order valence-corrected chi connectivity index (χ0v) is 19.7. The van der Waals surface area contributed by atoms with Crippen molar-refractivity contribution in [2.45, 2.75) is 57.7 Å². The number of nitrogens with one attached hydrogen (secondary N) is 2. The van der Waals surface area contributed by atoms with Crippen LogP contribution in [0.15, 0.2) is 23.3 Å². The van der Waals surface area contributed by atoms with E-state index in [1.54, 1.807) is 13.2 Å². The molecule has 0 bridgehead atoms. The summed E-state index contributed by atoms with van der Waals surface area (Å²) >= 11 is 0. The second-order valence-electron chi connectivity index (χ2n) is 7.67. The molecule has 0 amide bonds. The molecule has 0 spiro atoms. The zero-order valence-electron chi connectivity index (χ0n) is 16.6. The van der Waals surface area contributed by atoms with Crippen LogP contribution in [-0.4, -0.2) is 50.1 Å². The van der Waals surface area contributed by atoms with Crippen LogP contribution in [-0.2, 0) is 16.4 Å². The maximum absolute atomic E-state index is 11.6. The highest BCUT2D eigenvalue weighted by Crippen LogP contribution is 2.26. The van der Waals surface area contributed by atoms with Gasteiger partial charge >= 0.3 is 0 Å². The summed E-state index contributed by atoms with van der Waals surface area (Å²) in [7, 11) is -1.23. The number of hydrogen-bond acceptors (Lipinski definition) is 5. The summed E-state index contributed by atoms with van der Waals surface area (Å²) in [6.07, 6.45) is 7.25. The van der Waals surface area contributed by atoms with Crippen molar-refractivity contribution in [1.29, 1.82) is 0 Å². The summed E-state index contributed by atoms with van der Waals surface area (Å²) in [4.78, 5) is 8.53. The molecule has 1 aromatic heterocycles. The molecular formula is C19H31IN4O3S. The lowest BCUT2D eigenvalue weighted by Crippen LogP contribution is -2.43. The van der Waals surface area contributed by atoms with Gasteiger partial charge in [0.15, 0.2) is 15.8 Å². The SMILES string of the molecule is CN=C(NCc1ccnc(OC2CCC(C)CC2)c1)NC1CCS(=O)(=O)C1.I. The van der Waals surface area contributed by atoms with E-state index in [1.165, 1.54) is 12.8 Å². The van der Waals surface area contributed by atoms with Crippen LogP contribution in [0.1, 0.15) is 44.6 Å². The molecule has 3 rings (SSSR count). The second kappa shape index (κ2) is 10.6. The van der Waals surface area contributed by atoms with Crippen LogP contribution in [0.3, 0.4) is 0 Å². The third-order valence-corrected chi connectivity index (χ3v) is 7.07. The number of rotatable bonds is 5. The van der Waals surface area contributed by atoms with Gasteiger partial charge in [0, 0.05) is 31.9 Å². The van der Waals surface area contributed by atoms with Crippen LogP contribution in [0.4, 0.5) is 0 Å². The van der Waals surface area contributed by atoms with Crippen molar-refractivity contribution in [1.82, 2.24) is 15.6 Å². The van der Waals surface area contributed by atoms with E-state index >= 15 is 0 Å². The minimum atomic E-state index is -2.91. The van der Waals surface area contributed by atoms with Crippen LogP contribution >= 0.6 is 24.0 Å². The lowest BCUT2D eigenvalue weighted by molar-refractivity contribution is 0.130. The topological polar surface area (TPSA) is 92.7 Å². The van der Waals surface area contributed by atoms with Crippen molar-refractivity contribution < 1.29 is 13.2 Å². The Bertz CT molecular complexity index is 764. The highest BCUT2D eigenvalue weighted by molar-refractivity contribution is 14.0. The Balaban J connectivity index is 0.00000280. The van der Waals surface area contributed by atoms with E-state index in [0.717, 1.165) is 24.3 Å². The average molecular weight is 522 g/mol. The van der Waals surface area contributed by atoms with E-state index < -0.39 is 9.84 Å². The van der Waals surface area contributed by atoms with Crippen LogP contribution < -0.4 is 15.4 Å². The quantitative estimate of drug-likeness (QED) is 0.351. The lowest BCUT2D eigenvalue weighted by atomic mass is 9.89. The Morgan fingerprint density at radius 3 is 2.68 bits per heavy atom. The van der Waals surface area contributed by atoms with E-state index in [9.17, 15) is 8.42 Å². The second-order valence-corrected chi connectivity index (χ2v) is 9.90. The Kier molecular flexibility index (Phi) is 8.79. The van der Waals surface area contributed by atoms with Gasteiger partial charge in [-0.15, -0.1) is 24.0 Å². The van der Waals surface area contributed by atoms with Crippen LogP contribution in [0.5, 0.6) is 5.88 Å². The first-order valence-electron chi connectivity index (χ1n) is 9.73. The standard InChI is InChI=1S/C19H30N4O3S.HI/c1-14-3-5-17(6-4-14)26-18-11-15(7-9-21-18)12-22-19(20-2)23-16-8-10-27(24,25)13-16;/h7,9,11,14,16-17H,3-6,8,10,12-13H2,1-2H3,(H2,20,22,23);1H. The fraction of sp³-hybridized carbons (Fsp3) is 0.684. The molecule has 2 fully saturated rings. The first-order chi connectivity index (χ1) is 12.9. The normalized spacial score (nSPS) is 26.9. The van der Waals surface area contributed by atoms with Crippen molar-refractivity contribution in [3.05, 3.63) is 23.9 Å². The molecular weight excluding hydrogens is 491 g/mol. The molecule has 0 radical (unpaired) electrons. The number of aliphatic imine (C=N–C) groups is 1. The van der Waals surface area contributed by atoms with Crippen molar-refractivity contribution in [3.63, 3.8) is 0 Å². The van der Waals surface area contributed by atoms with E-state index in [0.29, 0.717) is 24.8 Å². The summed E-state index contributed by atoms with van der Waals surface area (Å²) < 4.78 is 29.2. The van der Waals surface area contributed by atoms with Crippen molar-refractivity contribution in [2.75, 3.05) is 18.6 Å². The van der Waals surface area contributed by atoms with Gasteiger partial charge in [0.25, 0.3) is 0 Å². The van der Waals surface area contributed by atoms with Gasteiger partial charge in [-0.05, 0) is 49.7 Å². The van der Waals surface area contributed by atoms with Crippen LogP contribution in [0.2, 0.25) is 0 Å². The number of aromatic nitrogens is 1. The first-order valence-corrected chi connectivity index (χ1v) is 11.5. The maximum atomic E-state index is 11.6. The molecule has 1 saturated heterocycles. The smallest absolute Gasteiger partial charge is 0.213 e. The third kappa shape index (κ3) is 7.06. The van der Waals surface area contributed by atoms with Gasteiger partial charge in [0.1, 0.15) is 6.10 Å². The molecule has 1 aliphatic carbocycles. The Labute approximate surface area is 185 Å². The Morgan fingerprint density at radius 1 is 1.29 bits per heavy atom. The summed E-state index contributed by atoms with van der Waals surface area (Å²) in [5.74, 6) is 2.48. The Morgan fingerprint density at radius 2 is 2.04 bits per heavy atom. The average Bonchev–Trinajstić information content (AvgIpc) is 2.99. The highest BCUT2D eigenvalue weighted by Gasteiger charge is 2.28. The number of ether oxygens (including phenoxy) is 1. The number of guanidine groups is 1. The minimum absolute atomic E-state index is 0. The van der Waals surface area contributed by atoms with Crippen LogP contribution in [0, 0.1) is 5.92 Å². The van der Waals surface area contributed by atoms with Gasteiger partial charge in [-0.1, -0.05) is 6.92 Å². The van der Waals surface area contributed by atoms with Gasteiger partial charge in [-0.3, -0.25) is 4.99 Å². The third-order valence-electron chi connectivity index (χ3n) is 5.31. The fourth-order valence-corrected chi connectivity index (χ4v) is 5.30. The molecule has 1 unspecified atom stereocenters. The predicted molar refractivity (Wildman–Crippen MR) is 122 cm³/mol. The predicted octanol–water partition coefficient (Wildman–Crippen LogP) is 2.51. The van der Waals surface area contributed by atoms with Gasteiger partial charge in [0.05, 0.1) is 11.5 Å². The van der Waals surface area contributed by atoms with Crippen molar-refractivity contribution in [3.8, 4) is 5.88 Å². The lowest BCUT2D eigenvalue weighted by Gasteiger charge is -2.26. The summed E-state index contributed by atoms with van der Waals surface area (Å²) in [5, 5.41) is 6.43. The minimum Gasteiger partial charge on any atom is -0.474 e. The molecule has 1 aliphatic heterocycles. The number of sulfone groups is 1. The summed E-state index contributed by atoms with van der Waals surface area (Å²) in [6.45, 7) is 2.86. The van der Waals surface area contributed by atoms with Gasteiger partial charge in [-0.2, -0.15) is 0 Å². The highest BCUT2D eigenvalue weighted by atomic mass is 127. The molecule has 158 valence electrons. The summed E-state index contributed by atoms with van der Waals surface area (Å²) in [6, 6.07) is 3.82. The fourth-order valence-electron chi connectivity index (χ4n) is 3.63. The molecule has 2 aliphatic rings. The zero-order chi connectivity index (χ0) is 19.3. The van der Waals surface area contributed by atoms with Gasteiger partial charge < -0.3 is 15.4 Å². The number of nitrogens with zero attached hydrogens (tertiary/aromatic N) is 2. The Hall–Kier alpha value is -1.10. The van der Waals surface area contributed by atoms with E-state index in [2.05, 4.69) is 27.5 Å². The van der Waals surface area contributed by atoms with Crippen molar-refractivity contribution >= 4 is 39.8 Å². The first kappa shape index (κ1) is 23.2. The number of hydrogen-bond donors (Lipinski definition) is 2. The van der Waals surface area contributed by atoms with Gasteiger partial charge in [0.2, 0.25) is 5.88 Å². The van der Waals surface area contributed by atoms with Gasteiger partial charge in [-0.25, -0.2) is 13.4 Å². The largest absolute Gasteiger partial charge is 0.474 e. The molecule has 1 aromatic rings. The van der Waals surface area contributed by atoms with E-state index in [1.807, 2.05) is 12.1 Å². The molecule has 7 nitrogen and oxygen atoms in total. The molecule has 9 heteroatoms. The monoisotopic (exact) mass is 522 g/mol. The van der Waals surface area contributed by atoms with Crippen LogP contribution in [0.25, 0.3) is 0 Å². The molecule has 28 heavy (non-hydrogen) atoms.